The average Bonchev–Trinajstić information content (AvgIpc) is 3.09. The van der Waals surface area contributed by atoms with Gasteiger partial charge < -0.3 is 19.9 Å². The maximum atomic E-state index is 12.9. The Morgan fingerprint density at radius 2 is 2.03 bits per heavy atom. The molecule has 30 heavy (non-hydrogen) atoms. The van der Waals surface area contributed by atoms with Gasteiger partial charge in [0.1, 0.15) is 0 Å². The summed E-state index contributed by atoms with van der Waals surface area (Å²) in [7, 11) is 2.74. The smallest absolute Gasteiger partial charge is 0.414 e. The van der Waals surface area contributed by atoms with E-state index in [1.54, 1.807) is 24.3 Å². The predicted octanol–water partition coefficient (Wildman–Crippen LogP) is 3.32. The van der Waals surface area contributed by atoms with Crippen LogP contribution in [0.4, 0.5) is 16.2 Å². The lowest BCUT2D eigenvalue weighted by Gasteiger charge is -2.34. The first-order valence-electron chi connectivity index (χ1n) is 9.33. The second-order valence-corrected chi connectivity index (χ2v) is 7.13. The molecule has 0 bridgehead atoms. The lowest BCUT2D eigenvalue weighted by molar-refractivity contribution is 0.0670. The normalized spacial score (nSPS) is 17.2. The number of methoxy groups -OCH3 is 2. The number of fused-ring (bicyclic) bond motifs is 4. The fourth-order valence-corrected chi connectivity index (χ4v) is 4.51. The number of anilines is 2. The van der Waals surface area contributed by atoms with E-state index < -0.39 is 24.1 Å². The molecule has 0 fully saturated rings. The van der Waals surface area contributed by atoms with Gasteiger partial charge in [-0.25, -0.2) is 14.6 Å². The molecular formula is C21H17N3O6. The SMILES string of the molecule is COC(=O)N1CCC(OC)c2c(C(=O)O)c3c4c(c5ccccc5nc4c21)C(=O)N3. The molecule has 3 heterocycles. The van der Waals surface area contributed by atoms with E-state index in [0.29, 0.717) is 45.0 Å². The van der Waals surface area contributed by atoms with Crippen molar-refractivity contribution < 1.29 is 29.0 Å². The second-order valence-electron chi connectivity index (χ2n) is 7.13. The van der Waals surface area contributed by atoms with Crippen molar-refractivity contribution in [1.82, 2.24) is 4.98 Å². The number of hydrogen-bond acceptors (Lipinski definition) is 6. The first kappa shape index (κ1) is 18.3. The lowest BCUT2D eigenvalue weighted by Crippen LogP contribution is -2.38. The van der Waals surface area contributed by atoms with Crippen LogP contribution in [0.15, 0.2) is 24.3 Å². The molecule has 1 atom stereocenters. The maximum absolute atomic E-state index is 12.9. The Labute approximate surface area is 170 Å². The molecule has 0 saturated carbocycles. The maximum Gasteiger partial charge on any atom is 0.414 e. The van der Waals surface area contributed by atoms with Crippen molar-refractivity contribution in [2.45, 2.75) is 12.5 Å². The van der Waals surface area contributed by atoms with Crippen LogP contribution in [0.3, 0.4) is 0 Å². The minimum absolute atomic E-state index is 0.0952. The molecule has 0 radical (unpaired) electrons. The zero-order chi connectivity index (χ0) is 21.2. The number of aromatic carboxylic acids is 1. The highest BCUT2D eigenvalue weighted by Crippen LogP contribution is 2.50. The largest absolute Gasteiger partial charge is 0.478 e. The van der Waals surface area contributed by atoms with Gasteiger partial charge in [0.15, 0.2) is 0 Å². The number of carboxylic acid groups (broad SMARTS) is 1. The number of carboxylic acids is 1. The number of carbonyl (C=O) groups excluding carboxylic acids is 2. The van der Waals surface area contributed by atoms with Crippen molar-refractivity contribution in [2.75, 3.05) is 31.0 Å². The standard InChI is InChI=1S/C21H17N3O6/c1-29-11-7-8-24(21(28)30-2)18-13(11)15(20(26)27)16-14-12(19(25)23-16)9-5-3-4-6-10(9)22-17(14)18/h3-6,11H,7-8H2,1-2H3,(H,23,25)(H,26,27). The van der Waals surface area contributed by atoms with E-state index in [2.05, 4.69) is 5.32 Å². The van der Waals surface area contributed by atoms with Crippen LogP contribution in [0.2, 0.25) is 0 Å². The zero-order valence-electron chi connectivity index (χ0n) is 16.2. The molecule has 2 aliphatic heterocycles. The number of aromatic nitrogens is 1. The first-order valence-corrected chi connectivity index (χ1v) is 9.33. The number of hydrogen-bond donors (Lipinski definition) is 2. The number of benzene rings is 2. The monoisotopic (exact) mass is 407 g/mol. The van der Waals surface area contributed by atoms with Gasteiger partial charge in [-0.05, 0) is 12.5 Å². The van der Waals surface area contributed by atoms with Crippen LogP contribution >= 0.6 is 0 Å². The van der Waals surface area contributed by atoms with Gasteiger partial charge in [0.25, 0.3) is 5.91 Å². The molecule has 152 valence electrons. The van der Waals surface area contributed by atoms with E-state index in [0.717, 1.165) is 0 Å². The topological polar surface area (TPSA) is 118 Å². The van der Waals surface area contributed by atoms with Gasteiger partial charge in [0, 0.05) is 30.0 Å². The molecule has 1 aromatic heterocycles. The fraction of sp³-hybridized carbons (Fsp3) is 0.238. The minimum Gasteiger partial charge on any atom is -0.478 e. The third-order valence-electron chi connectivity index (χ3n) is 5.71. The molecule has 2 N–H and O–H groups in total. The second kappa shape index (κ2) is 6.39. The van der Waals surface area contributed by atoms with Gasteiger partial charge in [-0.2, -0.15) is 0 Å². The molecule has 2 aliphatic rings. The highest BCUT2D eigenvalue weighted by Gasteiger charge is 2.41. The molecule has 2 amide bonds. The number of rotatable bonds is 2. The number of carbonyl (C=O) groups is 3. The van der Waals surface area contributed by atoms with Crippen LogP contribution in [-0.2, 0) is 9.47 Å². The summed E-state index contributed by atoms with van der Waals surface area (Å²) < 4.78 is 10.5. The summed E-state index contributed by atoms with van der Waals surface area (Å²) >= 11 is 0. The number of nitrogens with zero attached hydrogens (tertiary/aromatic N) is 2. The number of ether oxygens (including phenoxy) is 2. The number of pyridine rings is 1. The molecule has 2 aromatic carbocycles. The minimum atomic E-state index is -1.22. The average molecular weight is 407 g/mol. The Hall–Kier alpha value is -3.72. The summed E-state index contributed by atoms with van der Waals surface area (Å²) in [6.45, 7) is 0.261. The van der Waals surface area contributed by atoms with Crippen molar-refractivity contribution >= 4 is 51.2 Å². The summed E-state index contributed by atoms with van der Waals surface area (Å²) in [4.78, 5) is 43.9. The van der Waals surface area contributed by atoms with Gasteiger partial charge in [-0.15, -0.1) is 0 Å². The number of para-hydroxylation sites is 1. The zero-order valence-corrected chi connectivity index (χ0v) is 16.2. The van der Waals surface area contributed by atoms with Crippen LogP contribution in [0.25, 0.3) is 21.8 Å². The van der Waals surface area contributed by atoms with E-state index in [9.17, 15) is 19.5 Å². The Balaban J connectivity index is 2.04. The summed E-state index contributed by atoms with van der Waals surface area (Å²) in [5.41, 5.74) is 1.98. The fourth-order valence-electron chi connectivity index (χ4n) is 4.51. The van der Waals surface area contributed by atoms with Crippen LogP contribution in [0.1, 0.15) is 38.8 Å². The third-order valence-corrected chi connectivity index (χ3v) is 5.71. The first-order chi connectivity index (χ1) is 14.5. The van der Waals surface area contributed by atoms with E-state index in [4.69, 9.17) is 14.5 Å². The van der Waals surface area contributed by atoms with Crippen LogP contribution in [0.5, 0.6) is 0 Å². The van der Waals surface area contributed by atoms with E-state index in [1.807, 2.05) is 0 Å². The number of nitrogens with one attached hydrogen (secondary N) is 1. The van der Waals surface area contributed by atoms with Crippen LogP contribution < -0.4 is 10.2 Å². The van der Waals surface area contributed by atoms with Gasteiger partial charge >= 0.3 is 12.1 Å². The van der Waals surface area contributed by atoms with Crippen LogP contribution in [0, 0.1) is 0 Å². The van der Waals surface area contributed by atoms with Crippen molar-refractivity contribution in [3.8, 4) is 0 Å². The van der Waals surface area contributed by atoms with E-state index in [-0.39, 0.29) is 17.8 Å². The van der Waals surface area contributed by atoms with E-state index in [1.165, 1.54) is 19.1 Å². The van der Waals surface area contributed by atoms with E-state index >= 15 is 0 Å². The van der Waals surface area contributed by atoms with Crippen molar-refractivity contribution in [3.63, 3.8) is 0 Å². The Bertz CT molecular complexity index is 1290. The molecule has 0 aliphatic carbocycles. The molecule has 9 nitrogen and oxygen atoms in total. The number of amides is 2. The molecule has 0 saturated heterocycles. The predicted molar refractivity (Wildman–Crippen MR) is 108 cm³/mol. The third kappa shape index (κ3) is 2.26. The molecular weight excluding hydrogens is 390 g/mol. The molecule has 0 spiro atoms. The quantitative estimate of drug-likeness (QED) is 0.626. The molecule has 9 heteroatoms. The summed E-state index contributed by atoms with van der Waals surface area (Å²) in [5, 5.41) is 13.8. The summed E-state index contributed by atoms with van der Waals surface area (Å²) in [6.07, 6.45) is -0.841. The van der Waals surface area contributed by atoms with Crippen molar-refractivity contribution in [2.24, 2.45) is 0 Å². The Morgan fingerprint density at radius 1 is 1.27 bits per heavy atom. The van der Waals surface area contributed by atoms with Crippen molar-refractivity contribution in [3.05, 3.63) is 41.0 Å². The van der Waals surface area contributed by atoms with Crippen molar-refractivity contribution in [1.29, 1.82) is 0 Å². The molecule has 5 rings (SSSR count). The highest BCUT2D eigenvalue weighted by atomic mass is 16.5. The van der Waals surface area contributed by atoms with Gasteiger partial charge in [0.2, 0.25) is 0 Å². The van der Waals surface area contributed by atoms with Crippen LogP contribution in [-0.4, -0.2) is 48.8 Å². The Kier molecular flexibility index (Phi) is 3.90. The lowest BCUT2D eigenvalue weighted by atomic mass is 9.89. The van der Waals surface area contributed by atoms with Gasteiger partial charge in [-0.3, -0.25) is 9.69 Å². The van der Waals surface area contributed by atoms with Gasteiger partial charge in [-0.1, -0.05) is 18.2 Å². The summed E-state index contributed by atoms with van der Waals surface area (Å²) in [5.74, 6) is -1.63. The molecule has 3 aromatic rings. The highest BCUT2D eigenvalue weighted by molar-refractivity contribution is 6.33. The summed E-state index contributed by atoms with van der Waals surface area (Å²) in [6, 6.07) is 7.13. The molecule has 1 unspecified atom stereocenters. The van der Waals surface area contributed by atoms with Gasteiger partial charge in [0.05, 0.1) is 46.7 Å². The Morgan fingerprint density at radius 3 is 2.73 bits per heavy atom.